The molecule has 5 nitrogen and oxygen atoms in total. The van der Waals surface area contributed by atoms with E-state index in [9.17, 15) is 9.59 Å². The Morgan fingerprint density at radius 3 is 2.22 bits per heavy atom. The third kappa shape index (κ3) is 3.72. The molecule has 5 saturated carbocycles. The fourth-order valence-corrected chi connectivity index (χ4v) is 9.47. The van der Waals surface area contributed by atoms with Crippen molar-refractivity contribution in [3.63, 3.8) is 0 Å². The minimum atomic E-state index is -0.814. The molecule has 190 valence electrons. The molecule has 1 N–H and O–H groups in total. The number of carbonyl (C=O) groups excluding carboxylic acids is 2. The number of nitrogens with zero attached hydrogens (tertiary/aromatic N) is 1. The van der Waals surface area contributed by atoms with Crippen LogP contribution in [-0.4, -0.2) is 28.3 Å². The summed E-state index contributed by atoms with van der Waals surface area (Å²) in [6.45, 7) is 0.346. The van der Waals surface area contributed by atoms with E-state index in [0.29, 0.717) is 18.4 Å². The molecular weight excluding hydrogens is 448 g/mol. The summed E-state index contributed by atoms with van der Waals surface area (Å²) in [7, 11) is 0. The molecule has 2 aromatic rings. The molecule has 0 radical (unpaired) electrons. The summed E-state index contributed by atoms with van der Waals surface area (Å²) in [4.78, 5) is 29.0. The number of amides is 2. The Hall–Kier alpha value is -2.56. The lowest BCUT2D eigenvalue weighted by Crippen LogP contribution is -2.68. The molecule has 0 saturated heterocycles. The van der Waals surface area contributed by atoms with Crippen molar-refractivity contribution in [1.82, 2.24) is 10.2 Å². The van der Waals surface area contributed by atoms with Crippen LogP contribution in [0.15, 0.2) is 47.1 Å². The van der Waals surface area contributed by atoms with Gasteiger partial charge in [0.2, 0.25) is 12.3 Å². The molecule has 1 heterocycles. The number of hydrogen-bond acceptors (Lipinski definition) is 3. The second-order valence-corrected chi connectivity index (χ2v) is 12.9. The van der Waals surface area contributed by atoms with E-state index in [4.69, 9.17) is 4.42 Å². The van der Waals surface area contributed by atoms with Crippen LogP contribution < -0.4 is 5.32 Å². The number of nitrogens with one attached hydrogen (secondary N) is 1. The van der Waals surface area contributed by atoms with Crippen molar-refractivity contribution >= 4 is 12.3 Å². The van der Waals surface area contributed by atoms with Gasteiger partial charge in [-0.25, -0.2) is 0 Å². The van der Waals surface area contributed by atoms with E-state index in [1.54, 1.807) is 11.2 Å². The monoisotopic (exact) mass is 486 g/mol. The lowest BCUT2D eigenvalue weighted by atomic mass is 9.52. The lowest BCUT2D eigenvalue weighted by Gasteiger charge is -2.58. The topological polar surface area (TPSA) is 62.6 Å². The predicted molar refractivity (Wildman–Crippen MR) is 137 cm³/mol. The first-order chi connectivity index (χ1) is 17.5. The zero-order valence-corrected chi connectivity index (χ0v) is 21.2. The number of hydrogen-bond donors (Lipinski definition) is 1. The average molecular weight is 487 g/mol. The van der Waals surface area contributed by atoms with E-state index in [0.717, 1.165) is 81.3 Å². The molecule has 1 aromatic heterocycles. The maximum Gasteiger partial charge on any atom is 0.246 e. The van der Waals surface area contributed by atoms with Gasteiger partial charge in [0, 0.05) is 5.54 Å². The smallest absolute Gasteiger partial charge is 0.246 e. The second-order valence-electron chi connectivity index (χ2n) is 12.9. The molecule has 5 heteroatoms. The number of fused-ring (bicyclic) bond motifs is 2. The van der Waals surface area contributed by atoms with Gasteiger partial charge in [0.1, 0.15) is 11.3 Å². The highest BCUT2D eigenvalue weighted by Gasteiger charge is 2.56. The van der Waals surface area contributed by atoms with E-state index in [-0.39, 0.29) is 11.4 Å². The van der Waals surface area contributed by atoms with Gasteiger partial charge in [0.05, 0.1) is 12.8 Å². The van der Waals surface area contributed by atoms with Crippen LogP contribution in [-0.2, 0) is 29.0 Å². The summed E-state index contributed by atoms with van der Waals surface area (Å²) >= 11 is 0. The van der Waals surface area contributed by atoms with Crippen LogP contribution in [0.2, 0.25) is 0 Å². The number of furan rings is 1. The van der Waals surface area contributed by atoms with Gasteiger partial charge in [-0.2, -0.15) is 0 Å². The molecule has 0 unspecified atom stereocenters. The Balaban J connectivity index is 1.20. The summed E-state index contributed by atoms with van der Waals surface area (Å²) in [5.74, 6) is 4.13. The van der Waals surface area contributed by atoms with E-state index in [1.807, 2.05) is 12.1 Å². The maximum atomic E-state index is 14.5. The highest BCUT2D eigenvalue weighted by molar-refractivity contribution is 5.89. The van der Waals surface area contributed by atoms with Crippen molar-refractivity contribution < 1.29 is 14.0 Å². The van der Waals surface area contributed by atoms with Crippen LogP contribution in [0, 0.1) is 29.6 Å². The first-order valence-corrected chi connectivity index (χ1v) is 14.2. The minimum Gasteiger partial charge on any atom is -0.467 e. The Morgan fingerprint density at radius 2 is 1.61 bits per heavy atom. The van der Waals surface area contributed by atoms with Gasteiger partial charge in [-0.05, 0) is 123 Å². The average Bonchev–Trinajstić information content (AvgIpc) is 3.38. The summed E-state index contributed by atoms with van der Waals surface area (Å²) in [5.41, 5.74) is 2.01. The molecule has 5 fully saturated rings. The number of carbonyl (C=O) groups is 2. The van der Waals surface area contributed by atoms with Crippen molar-refractivity contribution in [2.45, 2.75) is 88.3 Å². The fraction of sp³-hybridized carbons (Fsp3) is 0.613. The predicted octanol–water partition coefficient (Wildman–Crippen LogP) is 5.28. The summed E-state index contributed by atoms with van der Waals surface area (Å²) in [6, 6.07) is 12.5. The van der Waals surface area contributed by atoms with Gasteiger partial charge >= 0.3 is 0 Å². The third-order valence-corrected chi connectivity index (χ3v) is 10.7. The van der Waals surface area contributed by atoms with Crippen LogP contribution in [0.25, 0.3) is 0 Å². The quantitative estimate of drug-likeness (QED) is 0.566. The SMILES string of the molecule is O=CN(Cc1ccco1)[C@@]1(C(=O)NC23CC4CC(CC(C4)C2)C3)CC[C@@H]2Cc3ccccc3C[C@H]2C1. The van der Waals surface area contributed by atoms with Crippen molar-refractivity contribution in [3.8, 4) is 0 Å². The molecule has 2 amide bonds. The summed E-state index contributed by atoms with van der Waals surface area (Å²) in [6.07, 6.45) is 14.5. The maximum absolute atomic E-state index is 14.5. The van der Waals surface area contributed by atoms with Crippen molar-refractivity contribution in [2.24, 2.45) is 29.6 Å². The van der Waals surface area contributed by atoms with Gasteiger partial charge in [-0.1, -0.05) is 24.3 Å². The largest absolute Gasteiger partial charge is 0.467 e. The van der Waals surface area contributed by atoms with E-state index in [1.165, 1.54) is 30.4 Å². The Kier molecular flexibility index (Phi) is 5.34. The standard InChI is InChI=1S/C31H38N2O3/c34-20-33(19-28-6-3-9-36-28)31(8-7-26-13-24-4-1-2-5-25(24)14-27(26)18-31)29(35)32-30-15-21-10-22(16-30)12-23(11-21)17-30/h1-6,9,20-23,26-27H,7-8,10-19H2,(H,32,35)/t21?,22?,23?,26-,27+,30?,31+/m1/s1. The van der Waals surface area contributed by atoms with Gasteiger partial charge in [0.15, 0.2) is 0 Å². The van der Waals surface area contributed by atoms with Gasteiger partial charge in [-0.15, -0.1) is 0 Å². The van der Waals surface area contributed by atoms with Crippen LogP contribution in [0.3, 0.4) is 0 Å². The molecule has 6 aliphatic carbocycles. The first kappa shape index (κ1) is 22.6. The minimum absolute atomic E-state index is 0.0614. The zero-order valence-electron chi connectivity index (χ0n) is 21.2. The molecule has 3 atom stereocenters. The Bertz CT molecular complexity index is 1110. The Morgan fingerprint density at radius 1 is 0.944 bits per heavy atom. The van der Waals surface area contributed by atoms with E-state index >= 15 is 0 Å². The Labute approximate surface area is 214 Å². The van der Waals surface area contributed by atoms with Crippen LogP contribution in [0.5, 0.6) is 0 Å². The number of rotatable bonds is 6. The number of benzene rings is 1. The van der Waals surface area contributed by atoms with Gasteiger partial charge < -0.3 is 14.6 Å². The van der Waals surface area contributed by atoms with Crippen LogP contribution in [0.4, 0.5) is 0 Å². The molecular formula is C31H38N2O3. The fourth-order valence-electron chi connectivity index (χ4n) is 9.47. The first-order valence-electron chi connectivity index (χ1n) is 14.2. The summed E-state index contributed by atoms with van der Waals surface area (Å²) in [5, 5.41) is 3.67. The normalized spacial score (nSPS) is 38.2. The molecule has 1 aromatic carbocycles. The summed E-state index contributed by atoms with van der Waals surface area (Å²) < 4.78 is 5.64. The third-order valence-electron chi connectivity index (χ3n) is 10.7. The molecule has 0 aliphatic heterocycles. The van der Waals surface area contributed by atoms with Crippen molar-refractivity contribution in [3.05, 3.63) is 59.5 Å². The molecule has 36 heavy (non-hydrogen) atoms. The molecule has 8 rings (SSSR count). The van der Waals surface area contributed by atoms with Crippen molar-refractivity contribution in [2.75, 3.05) is 0 Å². The van der Waals surface area contributed by atoms with Crippen molar-refractivity contribution in [1.29, 1.82) is 0 Å². The second kappa shape index (κ2) is 8.49. The van der Waals surface area contributed by atoms with Gasteiger partial charge in [-0.3, -0.25) is 9.59 Å². The molecule has 0 spiro atoms. The highest BCUT2D eigenvalue weighted by atomic mass is 16.3. The molecule has 4 bridgehead atoms. The lowest BCUT2D eigenvalue weighted by molar-refractivity contribution is -0.151. The van der Waals surface area contributed by atoms with Crippen LogP contribution in [0.1, 0.15) is 74.7 Å². The highest BCUT2D eigenvalue weighted by Crippen LogP contribution is 2.56. The van der Waals surface area contributed by atoms with Gasteiger partial charge in [0.25, 0.3) is 0 Å². The van der Waals surface area contributed by atoms with Crippen LogP contribution >= 0.6 is 0 Å². The molecule has 6 aliphatic rings. The zero-order chi connectivity index (χ0) is 24.3. The van der Waals surface area contributed by atoms with E-state index in [2.05, 4.69) is 29.6 Å². The van der Waals surface area contributed by atoms with E-state index < -0.39 is 5.54 Å².